The maximum atomic E-state index is 13.1. The summed E-state index contributed by atoms with van der Waals surface area (Å²) in [6.45, 7) is 3.65. The number of pyridine rings is 1. The maximum absolute atomic E-state index is 13.1. The summed E-state index contributed by atoms with van der Waals surface area (Å²) < 4.78 is 19.8. The number of para-hydroxylation sites is 1. The van der Waals surface area contributed by atoms with Gasteiger partial charge in [0.2, 0.25) is 0 Å². The molecule has 4 aromatic rings. The van der Waals surface area contributed by atoms with Crippen LogP contribution in [0.3, 0.4) is 0 Å². The Kier molecular flexibility index (Phi) is 6.51. The second kappa shape index (κ2) is 9.88. The van der Waals surface area contributed by atoms with Crippen LogP contribution < -0.4 is 4.72 Å². The zero-order valence-electron chi connectivity index (χ0n) is 18.9. The van der Waals surface area contributed by atoms with Crippen LogP contribution in [-0.2, 0) is 11.0 Å². The van der Waals surface area contributed by atoms with Crippen molar-refractivity contribution in [2.45, 2.75) is 11.8 Å². The van der Waals surface area contributed by atoms with Crippen molar-refractivity contribution in [3.05, 3.63) is 76.9 Å². The molecule has 3 heterocycles. The molecule has 2 aromatic carbocycles. The van der Waals surface area contributed by atoms with Crippen molar-refractivity contribution in [1.82, 2.24) is 24.4 Å². The molecule has 1 atom stereocenters. The smallest absolute Gasteiger partial charge is 0.275 e. The van der Waals surface area contributed by atoms with E-state index in [1.54, 1.807) is 45.6 Å². The second-order valence-corrected chi connectivity index (χ2v) is 9.90. The molecule has 0 bridgehead atoms. The number of hydrogen-bond donors (Lipinski definition) is 1. The normalized spacial score (nSPS) is 14.7. The SMILES string of the molecule is Cc1cc(C(=O)N2CCN(C(=O)c3csnn3)CC2)ccc1NS(=O)c1cccc2cccnc12. The molecule has 5 rings (SSSR count). The average molecular weight is 507 g/mol. The number of carbonyl (C=O) groups excluding carboxylic acids is 2. The molecule has 9 nitrogen and oxygen atoms in total. The Morgan fingerprint density at radius 1 is 1.00 bits per heavy atom. The first-order valence-corrected chi connectivity index (χ1v) is 13.0. The van der Waals surface area contributed by atoms with Crippen LogP contribution in [0.2, 0.25) is 0 Å². The lowest BCUT2D eigenvalue weighted by Crippen LogP contribution is -2.50. The summed E-state index contributed by atoms with van der Waals surface area (Å²) in [4.78, 5) is 33.9. The molecule has 1 N–H and O–H groups in total. The van der Waals surface area contributed by atoms with E-state index in [-0.39, 0.29) is 11.8 Å². The molecule has 11 heteroatoms. The van der Waals surface area contributed by atoms with E-state index in [0.717, 1.165) is 22.5 Å². The van der Waals surface area contributed by atoms with Crippen molar-refractivity contribution in [2.75, 3.05) is 30.9 Å². The van der Waals surface area contributed by atoms with Crippen LogP contribution in [0.4, 0.5) is 5.69 Å². The second-order valence-electron chi connectivity index (χ2n) is 8.11. The van der Waals surface area contributed by atoms with Crippen molar-refractivity contribution in [1.29, 1.82) is 0 Å². The Bertz CT molecular complexity index is 1410. The van der Waals surface area contributed by atoms with Gasteiger partial charge in [0.15, 0.2) is 16.7 Å². The summed E-state index contributed by atoms with van der Waals surface area (Å²) in [5, 5.41) is 6.38. The van der Waals surface area contributed by atoms with Gasteiger partial charge in [0, 0.05) is 54.4 Å². The number of amides is 2. The van der Waals surface area contributed by atoms with E-state index in [2.05, 4.69) is 19.3 Å². The molecular formula is C24H22N6O3S2. The summed E-state index contributed by atoms with van der Waals surface area (Å²) >= 11 is 1.14. The number of nitrogens with zero attached hydrogens (tertiary/aromatic N) is 5. The molecule has 0 saturated carbocycles. The number of anilines is 1. The van der Waals surface area contributed by atoms with Crippen LogP contribution in [0.15, 0.2) is 65.0 Å². The number of aryl methyl sites for hydroxylation is 1. The molecular weight excluding hydrogens is 484 g/mol. The van der Waals surface area contributed by atoms with Gasteiger partial charge in [-0.15, -0.1) is 5.10 Å². The standard InChI is InChI=1S/C24H22N6O3S2/c1-16-14-18(23(31)29-10-12-30(13-11-29)24(32)20-15-34-28-26-20)7-8-19(16)27-35(33)21-6-2-4-17-5-3-9-25-22(17)21/h2-9,14-15,27H,10-13H2,1H3. The molecule has 1 saturated heterocycles. The molecule has 1 fully saturated rings. The Morgan fingerprint density at radius 2 is 1.74 bits per heavy atom. The van der Waals surface area contributed by atoms with Crippen LogP contribution in [0.5, 0.6) is 0 Å². The summed E-state index contributed by atoms with van der Waals surface area (Å²) in [5.74, 6) is -0.257. The third-order valence-corrected chi connectivity index (χ3v) is 7.54. The Labute approximate surface area is 208 Å². The van der Waals surface area contributed by atoms with Crippen LogP contribution in [0.1, 0.15) is 26.4 Å². The molecule has 178 valence electrons. The topological polar surface area (TPSA) is 108 Å². The number of piperazine rings is 1. The van der Waals surface area contributed by atoms with Crippen molar-refractivity contribution in [3.63, 3.8) is 0 Å². The molecule has 0 aliphatic carbocycles. The number of hydrogen-bond acceptors (Lipinski definition) is 7. The van der Waals surface area contributed by atoms with E-state index in [1.165, 1.54) is 0 Å². The van der Waals surface area contributed by atoms with Gasteiger partial charge in [-0.1, -0.05) is 22.7 Å². The van der Waals surface area contributed by atoms with E-state index >= 15 is 0 Å². The highest BCUT2D eigenvalue weighted by molar-refractivity contribution is 7.86. The minimum atomic E-state index is -1.52. The molecule has 0 spiro atoms. The predicted molar refractivity (Wildman–Crippen MR) is 135 cm³/mol. The minimum absolute atomic E-state index is 0.0959. The predicted octanol–water partition coefficient (Wildman–Crippen LogP) is 3.13. The number of fused-ring (bicyclic) bond motifs is 1. The minimum Gasteiger partial charge on any atom is -0.335 e. The number of nitrogens with one attached hydrogen (secondary N) is 1. The first kappa shape index (κ1) is 23.1. The zero-order valence-corrected chi connectivity index (χ0v) is 20.5. The van der Waals surface area contributed by atoms with E-state index in [0.29, 0.717) is 53.5 Å². The lowest BCUT2D eigenvalue weighted by Gasteiger charge is -2.34. The molecule has 1 aliphatic rings. The molecule has 2 aromatic heterocycles. The Balaban J connectivity index is 1.25. The van der Waals surface area contributed by atoms with E-state index in [9.17, 15) is 13.8 Å². The summed E-state index contributed by atoms with van der Waals surface area (Å²) in [5.41, 5.74) is 3.07. The van der Waals surface area contributed by atoms with Crippen LogP contribution in [-0.4, -0.2) is 66.6 Å². The van der Waals surface area contributed by atoms with Gasteiger partial charge in [0.05, 0.1) is 10.4 Å². The van der Waals surface area contributed by atoms with E-state index < -0.39 is 11.0 Å². The highest BCUT2D eigenvalue weighted by atomic mass is 32.2. The van der Waals surface area contributed by atoms with Crippen molar-refractivity contribution >= 4 is 50.9 Å². The first-order chi connectivity index (χ1) is 17.0. The number of aromatic nitrogens is 3. The lowest BCUT2D eigenvalue weighted by atomic mass is 10.1. The summed E-state index contributed by atoms with van der Waals surface area (Å²) in [7, 11) is -1.52. The summed E-state index contributed by atoms with van der Waals surface area (Å²) in [6.07, 6.45) is 1.68. The van der Waals surface area contributed by atoms with Gasteiger partial charge in [0.1, 0.15) is 0 Å². The maximum Gasteiger partial charge on any atom is 0.275 e. The number of rotatable bonds is 5. The number of carbonyl (C=O) groups is 2. The molecule has 2 amide bonds. The molecule has 0 radical (unpaired) electrons. The third-order valence-electron chi connectivity index (χ3n) is 5.90. The van der Waals surface area contributed by atoms with Crippen LogP contribution in [0.25, 0.3) is 10.9 Å². The zero-order chi connectivity index (χ0) is 24.4. The Hall–Kier alpha value is -3.70. The third kappa shape index (κ3) is 4.77. The van der Waals surface area contributed by atoms with Crippen molar-refractivity contribution in [3.8, 4) is 0 Å². The van der Waals surface area contributed by atoms with Gasteiger partial charge in [0.25, 0.3) is 11.8 Å². The van der Waals surface area contributed by atoms with E-state index in [1.807, 2.05) is 31.2 Å². The first-order valence-electron chi connectivity index (χ1n) is 11.0. The number of benzene rings is 2. The fourth-order valence-corrected chi connectivity index (χ4v) is 5.52. The molecule has 1 aliphatic heterocycles. The average Bonchev–Trinajstić information content (AvgIpc) is 3.44. The molecule has 1 unspecified atom stereocenters. The van der Waals surface area contributed by atoms with E-state index in [4.69, 9.17) is 0 Å². The highest BCUT2D eigenvalue weighted by Gasteiger charge is 2.26. The lowest BCUT2D eigenvalue weighted by molar-refractivity contribution is 0.0532. The fourth-order valence-electron chi connectivity index (χ4n) is 4.01. The van der Waals surface area contributed by atoms with Gasteiger partial charge in [-0.25, -0.2) is 4.21 Å². The van der Waals surface area contributed by atoms with Gasteiger partial charge in [-0.2, -0.15) is 0 Å². The Morgan fingerprint density at radius 3 is 2.46 bits per heavy atom. The van der Waals surface area contributed by atoms with Gasteiger partial charge >= 0.3 is 0 Å². The molecule has 35 heavy (non-hydrogen) atoms. The highest BCUT2D eigenvalue weighted by Crippen LogP contribution is 2.24. The fraction of sp³-hybridized carbons (Fsp3) is 0.208. The largest absolute Gasteiger partial charge is 0.335 e. The van der Waals surface area contributed by atoms with Crippen LogP contribution >= 0.6 is 11.5 Å². The quantitative estimate of drug-likeness (QED) is 0.446. The van der Waals surface area contributed by atoms with Gasteiger partial charge in [-0.3, -0.25) is 14.6 Å². The van der Waals surface area contributed by atoms with Crippen LogP contribution in [0, 0.1) is 6.92 Å². The van der Waals surface area contributed by atoms with Gasteiger partial charge < -0.3 is 14.5 Å². The van der Waals surface area contributed by atoms with Crippen molar-refractivity contribution < 1.29 is 13.8 Å². The monoisotopic (exact) mass is 506 g/mol. The van der Waals surface area contributed by atoms with Crippen molar-refractivity contribution in [2.24, 2.45) is 0 Å². The summed E-state index contributed by atoms with van der Waals surface area (Å²) in [6, 6.07) is 14.7. The van der Waals surface area contributed by atoms with Gasteiger partial charge in [-0.05, 0) is 54.4 Å².